The molecular weight excluding hydrogens is 323 g/mol. The van der Waals surface area contributed by atoms with Gasteiger partial charge < -0.3 is 10.2 Å². The van der Waals surface area contributed by atoms with Gasteiger partial charge in [-0.05, 0) is 30.8 Å². The zero-order valence-corrected chi connectivity index (χ0v) is 14.7. The maximum Gasteiger partial charge on any atom is 0.138 e. The minimum atomic E-state index is -0.230. The van der Waals surface area contributed by atoms with E-state index in [1.54, 1.807) is 29.8 Å². The van der Waals surface area contributed by atoms with Gasteiger partial charge in [0.05, 0.1) is 5.39 Å². The normalized spacial score (nSPS) is 11.3. The van der Waals surface area contributed by atoms with Crippen LogP contribution in [0.25, 0.3) is 21.3 Å². The van der Waals surface area contributed by atoms with Gasteiger partial charge in [-0.25, -0.2) is 14.4 Å². The highest BCUT2D eigenvalue weighted by atomic mass is 32.1. The second kappa shape index (κ2) is 7.68. The number of likely N-dealkylation sites (N-methyl/N-ethyl adjacent to an activating group) is 1. The third-order valence-electron chi connectivity index (χ3n) is 4.14. The van der Waals surface area contributed by atoms with Crippen molar-refractivity contribution >= 4 is 27.4 Å². The van der Waals surface area contributed by atoms with Crippen molar-refractivity contribution in [2.24, 2.45) is 0 Å². The summed E-state index contributed by atoms with van der Waals surface area (Å²) in [5, 5.41) is 6.50. The number of nitrogens with one attached hydrogen (secondary N) is 1. The molecule has 3 rings (SSSR count). The first-order valence-electron chi connectivity index (χ1n) is 8.17. The Morgan fingerprint density at radius 1 is 1.12 bits per heavy atom. The number of aromatic nitrogens is 2. The van der Waals surface area contributed by atoms with E-state index in [1.807, 2.05) is 0 Å². The summed E-state index contributed by atoms with van der Waals surface area (Å²) in [7, 11) is 0. The molecule has 0 saturated heterocycles. The number of fused-ring (bicyclic) bond motifs is 1. The predicted octanol–water partition coefficient (Wildman–Crippen LogP) is 4.25. The van der Waals surface area contributed by atoms with Crippen molar-refractivity contribution in [3.63, 3.8) is 0 Å². The van der Waals surface area contributed by atoms with E-state index in [0.717, 1.165) is 53.3 Å². The van der Waals surface area contributed by atoms with Crippen LogP contribution in [0, 0.1) is 5.82 Å². The van der Waals surface area contributed by atoms with E-state index in [9.17, 15) is 4.39 Å². The van der Waals surface area contributed by atoms with Crippen LogP contribution in [0.3, 0.4) is 0 Å². The van der Waals surface area contributed by atoms with Crippen LogP contribution in [0.1, 0.15) is 13.8 Å². The molecule has 0 atom stereocenters. The Morgan fingerprint density at radius 2 is 1.88 bits per heavy atom. The first-order valence-corrected chi connectivity index (χ1v) is 9.05. The quantitative estimate of drug-likeness (QED) is 0.696. The molecule has 0 aliphatic heterocycles. The Bertz CT molecular complexity index is 796. The van der Waals surface area contributed by atoms with Crippen LogP contribution < -0.4 is 5.32 Å². The summed E-state index contributed by atoms with van der Waals surface area (Å²) in [5.41, 5.74) is 2.02. The number of nitrogens with zero attached hydrogens (tertiary/aromatic N) is 3. The van der Waals surface area contributed by atoms with E-state index in [4.69, 9.17) is 0 Å². The van der Waals surface area contributed by atoms with Crippen LogP contribution in [-0.4, -0.2) is 41.0 Å². The Labute approximate surface area is 145 Å². The molecular formula is C18H21FN4S. The van der Waals surface area contributed by atoms with Crippen molar-refractivity contribution in [1.29, 1.82) is 0 Å². The van der Waals surface area contributed by atoms with E-state index >= 15 is 0 Å². The molecule has 0 radical (unpaired) electrons. The molecule has 126 valence electrons. The molecule has 0 spiro atoms. The van der Waals surface area contributed by atoms with E-state index in [-0.39, 0.29) is 5.82 Å². The SMILES string of the molecule is CCN(CC)CCNc1ncnc2scc(-c3ccc(F)cc3)c12. The van der Waals surface area contributed by atoms with Gasteiger partial charge in [0, 0.05) is 24.0 Å². The molecule has 6 heteroatoms. The monoisotopic (exact) mass is 344 g/mol. The highest BCUT2D eigenvalue weighted by molar-refractivity contribution is 7.17. The van der Waals surface area contributed by atoms with E-state index < -0.39 is 0 Å². The van der Waals surface area contributed by atoms with Crippen LogP contribution >= 0.6 is 11.3 Å². The van der Waals surface area contributed by atoms with Gasteiger partial charge in [-0.2, -0.15) is 0 Å². The fraction of sp³-hybridized carbons (Fsp3) is 0.333. The lowest BCUT2D eigenvalue weighted by atomic mass is 10.1. The maximum absolute atomic E-state index is 13.2. The second-order valence-electron chi connectivity index (χ2n) is 5.51. The maximum atomic E-state index is 13.2. The second-order valence-corrected chi connectivity index (χ2v) is 6.37. The van der Waals surface area contributed by atoms with Crippen LogP contribution in [0.15, 0.2) is 36.0 Å². The molecule has 0 bridgehead atoms. The van der Waals surface area contributed by atoms with E-state index in [1.165, 1.54) is 12.1 Å². The Morgan fingerprint density at radius 3 is 2.58 bits per heavy atom. The molecule has 1 aromatic carbocycles. The minimum absolute atomic E-state index is 0.230. The van der Waals surface area contributed by atoms with Gasteiger partial charge in [0.2, 0.25) is 0 Å². The first-order chi connectivity index (χ1) is 11.7. The number of thiophene rings is 1. The Hall–Kier alpha value is -2.05. The van der Waals surface area contributed by atoms with Crippen LogP contribution in [-0.2, 0) is 0 Å². The van der Waals surface area contributed by atoms with Gasteiger partial charge in [0.25, 0.3) is 0 Å². The molecule has 24 heavy (non-hydrogen) atoms. The topological polar surface area (TPSA) is 41.0 Å². The van der Waals surface area contributed by atoms with Crippen LogP contribution in [0.4, 0.5) is 10.2 Å². The van der Waals surface area contributed by atoms with Crippen molar-refractivity contribution in [1.82, 2.24) is 14.9 Å². The first kappa shape index (κ1) is 16.8. The van der Waals surface area contributed by atoms with Crippen molar-refractivity contribution < 1.29 is 4.39 Å². The van der Waals surface area contributed by atoms with Gasteiger partial charge in [-0.3, -0.25) is 0 Å². The summed E-state index contributed by atoms with van der Waals surface area (Å²) in [6.07, 6.45) is 1.59. The number of anilines is 1. The molecule has 0 saturated carbocycles. The Kier molecular flexibility index (Phi) is 5.37. The third-order valence-corrected chi connectivity index (χ3v) is 5.03. The fourth-order valence-electron chi connectivity index (χ4n) is 2.72. The Balaban J connectivity index is 1.88. The molecule has 2 aromatic heterocycles. The average molecular weight is 344 g/mol. The lowest BCUT2D eigenvalue weighted by molar-refractivity contribution is 0.316. The van der Waals surface area contributed by atoms with Crippen molar-refractivity contribution in [2.75, 3.05) is 31.5 Å². The van der Waals surface area contributed by atoms with Crippen molar-refractivity contribution in [3.8, 4) is 11.1 Å². The minimum Gasteiger partial charge on any atom is -0.368 e. The highest BCUT2D eigenvalue weighted by Gasteiger charge is 2.13. The molecule has 0 aliphatic carbocycles. The van der Waals surface area contributed by atoms with E-state index in [2.05, 4.69) is 39.4 Å². The molecule has 0 fully saturated rings. The summed E-state index contributed by atoms with van der Waals surface area (Å²) in [6.45, 7) is 8.20. The molecule has 0 unspecified atom stereocenters. The number of rotatable bonds is 7. The summed E-state index contributed by atoms with van der Waals surface area (Å²) >= 11 is 1.58. The van der Waals surface area contributed by atoms with Gasteiger partial charge >= 0.3 is 0 Å². The number of hydrogen-bond acceptors (Lipinski definition) is 5. The van der Waals surface area contributed by atoms with Crippen LogP contribution in [0.5, 0.6) is 0 Å². The smallest absolute Gasteiger partial charge is 0.138 e. The van der Waals surface area contributed by atoms with Crippen molar-refractivity contribution in [2.45, 2.75) is 13.8 Å². The van der Waals surface area contributed by atoms with Gasteiger partial charge in [0.15, 0.2) is 0 Å². The third kappa shape index (κ3) is 3.55. The summed E-state index contributed by atoms with van der Waals surface area (Å²) in [4.78, 5) is 12.1. The zero-order chi connectivity index (χ0) is 16.9. The number of hydrogen-bond donors (Lipinski definition) is 1. The molecule has 2 heterocycles. The molecule has 3 aromatic rings. The largest absolute Gasteiger partial charge is 0.368 e. The average Bonchev–Trinajstić information content (AvgIpc) is 3.04. The summed E-state index contributed by atoms with van der Waals surface area (Å²) in [5.74, 6) is 0.611. The zero-order valence-electron chi connectivity index (χ0n) is 13.9. The number of halogens is 1. The number of benzene rings is 1. The fourth-order valence-corrected chi connectivity index (χ4v) is 3.64. The summed E-state index contributed by atoms with van der Waals surface area (Å²) < 4.78 is 13.2. The molecule has 1 N–H and O–H groups in total. The molecule has 4 nitrogen and oxygen atoms in total. The predicted molar refractivity (Wildman–Crippen MR) is 99.1 cm³/mol. The highest BCUT2D eigenvalue weighted by Crippen LogP contribution is 2.36. The van der Waals surface area contributed by atoms with Gasteiger partial charge in [-0.15, -0.1) is 11.3 Å². The summed E-state index contributed by atoms with van der Waals surface area (Å²) in [6, 6.07) is 6.55. The van der Waals surface area contributed by atoms with Crippen molar-refractivity contribution in [3.05, 3.63) is 41.8 Å². The van der Waals surface area contributed by atoms with E-state index in [0.29, 0.717) is 0 Å². The lowest BCUT2D eigenvalue weighted by Gasteiger charge is -2.18. The molecule has 0 aliphatic rings. The van der Waals surface area contributed by atoms with Crippen LogP contribution in [0.2, 0.25) is 0 Å². The van der Waals surface area contributed by atoms with Gasteiger partial charge in [0.1, 0.15) is 22.8 Å². The lowest BCUT2D eigenvalue weighted by Crippen LogP contribution is -2.28. The standard InChI is InChI=1S/C18H21FN4S/c1-3-23(4-2)10-9-20-17-16-15(11-24-18(16)22-12-21-17)13-5-7-14(19)8-6-13/h5-8,11-12H,3-4,9-10H2,1-2H3,(H,20,21,22). The molecule has 0 amide bonds. The van der Waals surface area contributed by atoms with Gasteiger partial charge in [-0.1, -0.05) is 26.0 Å².